The molecule has 1 fully saturated rings. The number of fused-ring (bicyclic) bond motifs is 1. The van der Waals surface area contributed by atoms with Gasteiger partial charge in [-0.3, -0.25) is 9.59 Å². The monoisotopic (exact) mass is 372 g/mol. The maximum atomic E-state index is 12.5. The normalized spacial score (nSPS) is 15.8. The number of benzene rings is 1. The molecule has 7 nitrogen and oxygen atoms in total. The van der Waals surface area contributed by atoms with E-state index >= 15 is 0 Å². The molecule has 1 saturated heterocycles. The van der Waals surface area contributed by atoms with Gasteiger partial charge in [-0.25, -0.2) is 4.68 Å². The second-order valence-corrected chi connectivity index (χ2v) is 7.32. The van der Waals surface area contributed by atoms with Crippen LogP contribution in [0.15, 0.2) is 24.3 Å². The molecule has 1 aromatic heterocycles. The highest BCUT2D eigenvalue weighted by Crippen LogP contribution is 2.36. The Morgan fingerprint density at radius 1 is 1.15 bits per heavy atom. The number of ether oxygens (including phenoxy) is 1. The zero-order valence-corrected chi connectivity index (χ0v) is 15.3. The van der Waals surface area contributed by atoms with Gasteiger partial charge in [0.25, 0.3) is 0 Å². The number of aromatic nitrogens is 2. The summed E-state index contributed by atoms with van der Waals surface area (Å²) >= 11 is 1.75. The van der Waals surface area contributed by atoms with Crippen LogP contribution in [-0.2, 0) is 21.1 Å². The van der Waals surface area contributed by atoms with Crippen molar-refractivity contribution in [3.8, 4) is 11.4 Å². The van der Waals surface area contributed by atoms with E-state index in [-0.39, 0.29) is 0 Å². The quantitative estimate of drug-likeness (QED) is 0.836. The lowest BCUT2D eigenvalue weighted by Gasteiger charge is -2.16. The molecule has 4 rings (SSSR count). The molecule has 2 aliphatic rings. The molecule has 26 heavy (non-hydrogen) atoms. The van der Waals surface area contributed by atoms with Crippen molar-refractivity contribution in [2.45, 2.75) is 24.3 Å². The Labute approximate surface area is 155 Å². The summed E-state index contributed by atoms with van der Waals surface area (Å²) in [5.74, 6) is 1.86. The van der Waals surface area contributed by atoms with Crippen LogP contribution in [0.2, 0.25) is 0 Å². The number of carbonyl (C=O) groups excluding carboxylic acids is 2. The summed E-state index contributed by atoms with van der Waals surface area (Å²) < 4.78 is 6.90. The highest BCUT2D eigenvalue weighted by molar-refractivity contribution is 7.98. The van der Waals surface area contributed by atoms with Crippen LogP contribution in [0.3, 0.4) is 0 Å². The standard InChI is InChI=1S/C18H20N4O3S/c1-25-13-6-4-12(5-7-13)22-16(14-10-26-11-15(14)20-22)19-17(23)18(24)21-8-2-3-9-21/h4-7H,2-3,8-11H2,1H3,(H,19,23). The van der Waals surface area contributed by atoms with E-state index in [9.17, 15) is 9.59 Å². The first kappa shape index (κ1) is 17.0. The number of thioether (sulfide) groups is 1. The average Bonchev–Trinajstić information content (AvgIpc) is 3.40. The third kappa shape index (κ3) is 3.05. The molecular formula is C18H20N4O3S. The lowest BCUT2D eigenvalue weighted by atomic mass is 10.2. The first-order valence-corrected chi connectivity index (χ1v) is 9.76. The molecule has 2 amide bonds. The highest BCUT2D eigenvalue weighted by Gasteiger charge is 2.29. The molecule has 1 aromatic carbocycles. The van der Waals surface area contributed by atoms with Crippen LogP contribution in [0.5, 0.6) is 5.75 Å². The zero-order valence-electron chi connectivity index (χ0n) is 14.5. The second-order valence-electron chi connectivity index (χ2n) is 6.33. The van der Waals surface area contributed by atoms with Crippen LogP contribution >= 0.6 is 11.8 Å². The Balaban J connectivity index is 1.64. The van der Waals surface area contributed by atoms with Crippen molar-refractivity contribution in [2.24, 2.45) is 0 Å². The van der Waals surface area contributed by atoms with E-state index in [1.165, 1.54) is 0 Å². The van der Waals surface area contributed by atoms with Gasteiger partial charge in [-0.05, 0) is 37.1 Å². The number of hydrogen-bond donors (Lipinski definition) is 1. The molecule has 0 unspecified atom stereocenters. The third-order valence-corrected chi connectivity index (χ3v) is 5.66. The fourth-order valence-corrected chi connectivity index (χ4v) is 4.31. The van der Waals surface area contributed by atoms with E-state index in [4.69, 9.17) is 4.74 Å². The van der Waals surface area contributed by atoms with Gasteiger partial charge in [0.15, 0.2) is 0 Å². The van der Waals surface area contributed by atoms with E-state index in [1.807, 2.05) is 24.3 Å². The molecule has 2 aliphatic heterocycles. The maximum absolute atomic E-state index is 12.5. The summed E-state index contributed by atoms with van der Waals surface area (Å²) in [5, 5.41) is 7.46. The summed E-state index contributed by atoms with van der Waals surface area (Å²) in [6, 6.07) is 7.45. The molecule has 2 aromatic rings. The summed E-state index contributed by atoms with van der Waals surface area (Å²) in [5.41, 5.74) is 2.76. The SMILES string of the molecule is COc1ccc(-n2nc3c(c2NC(=O)C(=O)N2CCCC2)CSC3)cc1. The van der Waals surface area contributed by atoms with Crippen LogP contribution in [0.4, 0.5) is 5.82 Å². The van der Waals surface area contributed by atoms with Gasteiger partial charge in [0.1, 0.15) is 11.6 Å². The Bertz CT molecular complexity index is 841. The predicted octanol–water partition coefficient (Wildman–Crippen LogP) is 2.19. The largest absolute Gasteiger partial charge is 0.497 e. The Kier molecular flexibility index (Phi) is 4.58. The number of anilines is 1. The van der Waals surface area contributed by atoms with Crippen molar-refractivity contribution in [3.05, 3.63) is 35.5 Å². The van der Waals surface area contributed by atoms with Gasteiger partial charge in [-0.2, -0.15) is 16.9 Å². The van der Waals surface area contributed by atoms with Crippen molar-refractivity contribution in [2.75, 3.05) is 25.5 Å². The molecule has 3 heterocycles. The smallest absolute Gasteiger partial charge is 0.315 e. The van der Waals surface area contributed by atoms with Gasteiger partial charge in [-0.1, -0.05) is 0 Å². The summed E-state index contributed by atoms with van der Waals surface area (Å²) in [6.45, 7) is 1.30. The molecular weight excluding hydrogens is 352 g/mol. The summed E-state index contributed by atoms with van der Waals surface area (Å²) in [7, 11) is 1.62. The molecule has 8 heteroatoms. The minimum atomic E-state index is -0.596. The van der Waals surface area contributed by atoms with E-state index in [0.29, 0.717) is 18.9 Å². The number of hydrogen-bond acceptors (Lipinski definition) is 5. The molecule has 0 atom stereocenters. The van der Waals surface area contributed by atoms with Crippen molar-refractivity contribution in [1.82, 2.24) is 14.7 Å². The topological polar surface area (TPSA) is 76.5 Å². The third-order valence-electron chi connectivity index (χ3n) is 4.69. The van der Waals surface area contributed by atoms with Crippen LogP contribution in [-0.4, -0.2) is 46.7 Å². The minimum Gasteiger partial charge on any atom is -0.497 e. The number of amides is 2. The maximum Gasteiger partial charge on any atom is 0.315 e. The summed E-state index contributed by atoms with van der Waals surface area (Å²) in [6.07, 6.45) is 1.91. The van der Waals surface area contributed by atoms with E-state index < -0.39 is 11.8 Å². The molecule has 0 radical (unpaired) electrons. The Hall–Kier alpha value is -2.48. The van der Waals surface area contributed by atoms with Crippen molar-refractivity contribution >= 4 is 29.4 Å². The van der Waals surface area contributed by atoms with Crippen molar-refractivity contribution in [3.63, 3.8) is 0 Å². The first-order chi connectivity index (χ1) is 12.7. The second kappa shape index (κ2) is 7.03. The fraction of sp³-hybridized carbons (Fsp3) is 0.389. The van der Waals surface area contributed by atoms with E-state index in [1.54, 1.807) is 28.5 Å². The first-order valence-electron chi connectivity index (χ1n) is 8.60. The van der Waals surface area contributed by atoms with E-state index in [0.717, 1.165) is 47.0 Å². The van der Waals surface area contributed by atoms with Gasteiger partial charge < -0.3 is 15.0 Å². The number of rotatable bonds is 3. The van der Waals surface area contributed by atoms with Gasteiger partial charge in [0, 0.05) is 30.2 Å². The zero-order chi connectivity index (χ0) is 18.1. The van der Waals surface area contributed by atoms with Gasteiger partial charge in [0.2, 0.25) is 0 Å². The molecule has 136 valence electrons. The van der Waals surface area contributed by atoms with Crippen LogP contribution in [0, 0.1) is 0 Å². The lowest BCUT2D eigenvalue weighted by molar-refractivity contribution is -0.142. The van der Waals surface area contributed by atoms with Crippen LogP contribution in [0.1, 0.15) is 24.1 Å². The predicted molar refractivity (Wildman–Crippen MR) is 99.6 cm³/mol. The number of carbonyl (C=O) groups is 2. The Morgan fingerprint density at radius 2 is 1.88 bits per heavy atom. The van der Waals surface area contributed by atoms with E-state index in [2.05, 4.69) is 10.4 Å². The van der Waals surface area contributed by atoms with Gasteiger partial charge in [0.05, 0.1) is 18.5 Å². The molecule has 0 saturated carbocycles. The van der Waals surface area contributed by atoms with Gasteiger partial charge in [-0.15, -0.1) is 0 Å². The number of methoxy groups -OCH3 is 1. The lowest BCUT2D eigenvalue weighted by Crippen LogP contribution is -2.38. The van der Waals surface area contributed by atoms with Gasteiger partial charge >= 0.3 is 11.8 Å². The number of nitrogens with zero attached hydrogens (tertiary/aromatic N) is 3. The van der Waals surface area contributed by atoms with Crippen LogP contribution in [0.25, 0.3) is 5.69 Å². The molecule has 1 N–H and O–H groups in total. The Morgan fingerprint density at radius 3 is 2.58 bits per heavy atom. The number of likely N-dealkylation sites (tertiary alicyclic amines) is 1. The molecule has 0 aliphatic carbocycles. The molecule has 0 spiro atoms. The highest BCUT2D eigenvalue weighted by atomic mass is 32.2. The van der Waals surface area contributed by atoms with Crippen LogP contribution < -0.4 is 10.1 Å². The molecule has 0 bridgehead atoms. The number of nitrogens with one attached hydrogen (secondary N) is 1. The van der Waals surface area contributed by atoms with Crippen molar-refractivity contribution in [1.29, 1.82) is 0 Å². The fourth-order valence-electron chi connectivity index (χ4n) is 3.28. The average molecular weight is 372 g/mol. The summed E-state index contributed by atoms with van der Waals surface area (Å²) in [4.78, 5) is 26.5. The van der Waals surface area contributed by atoms with Crippen molar-refractivity contribution < 1.29 is 14.3 Å². The minimum absolute atomic E-state index is 0.468.